The highest BCUT2D eigenvalue weighted by molar-refractivity contribution is 7.14. The van der Waals surface area contributed by atoms with Crippen LogP contribution in [0, 0.1) is 11.3 Å². The summed E-state index contributed by atoms with van der Waals surface area (Å²) in [6, 6.07) is 13.4. The minimum atomic E-state index is -1.02. The predicted octanol–water partition coefficient (Wildman–Crippen LogP) is 3.87. The van der Waals surface area contributed by atoms with Crippen LogP contribution in [-0.2, 0) is 16.1 Å². The van der Waals surface area contributed by atoms with Gasteiger partial charge in [0.2, 0.25) is 0 Å². The number of amides is 1. The molecule has 1 amide bonds. The van der Waals surface area contributed by atoms with Crippen LogP contribution in [0.3, 0.4) is 0 Å². The van der Waals surface area contributed by atoms with E-state index in [0.29, 0.717) is 22.2 Å². The van der Waals surface area contributed by atoms with E-state index in [4.69, 9.17) is 10.00 Å². The Morgan fingerprint density at radius 2 is 2.04 bits per heavy atom. The molecule has 0 unspecified atom stereocenters. The molecule has 0 aliphatic rings. The van der Waals surface area contributed by atoms with Crippen LogP contribution >= 0.6 is 22.7 Å². The lowest BCUT2D eigenvalue weighted by molar-refractivity contribution is -0.123. The quantitative estimate of drug-likeness (QED) is 0.571. The number of carbonyl (C=O) groups is 2. The highest BCUT2D eigenvalue weighted by atomic mass is 32.1. The number of ether oxygens (including phenoxy) is 1. The normalized spacial score (nSPS) is 11.3. The molecule has 3 aromatic rings. The number of thiazole rings is 1. The van der Waals surface area contributed by atoms with E-state index in [1.807, 2.05) is 36.4 Å². The molecule has 1 atom stereocenters. The van der Waals surface area contributed by atoms with Crippen LogP contribution in [0.25, 0.3) is 0 Å². The second-order valence-corrected chi connectivity index (χ2v) is 7.46. The molecule has 0 spiro atoms. The van der Waals surface area contributed by atoms with E-state index in [1.165, 1.54) is 29.6 Å². The lowest BCUT2D eigenvalue weighted by Gasteiger charge is -2.12. The number of hydrogen-bond donors (Lipinski definition) is 2. The number of anilines is 2. The molecule has 0 saturated carbocycles. The smallest absolute Gasteiger partial charge is 0.358 e. The van der Waals surface area contributed by atoms with Gasteiger partial charge in [-0.3, -0.25) is 4.79 Å². The third kappa shape index (κ3) is 4.94. The van der Waals surface area contributed by atoms with Crippen LogP contribution in [0.2, 0.25) is 0 Å². The van der Waals surface area contributed by atoms with Crippen molar-refractivity contribution in [3.05, 3.63) is 64.0 Å². The molecule has 2 aromatic heterocycles. The number of hydrogen-bond acceptors (Lipinski definition) is 8. The van der Waals surface area contributed by atoms with E-state index < -0.39 is 18.0 Å². The topological polar surface area (TPSA) is 104 Å². The lowest BCUT2D eigenvalue weighted by Crippen LogP contribution is -2.30. The third-order valence-electron chi connectivity index (χ3n) is 3.68. The predicted molar refractivity (Wildman–Crippen MR) is 108 cm³/mol. The van der Waals surface area contributed by atoms with Crippen molar-refractivity contribution in [1.29, 1.82) is 5.26 Å². The summed E-state index contributed by atoms with van der Waals surface area (Å²) in [4.78, 5) is 28.6. The fourth-order valence-corrected chi connectivity index (χ4v) is 3.62. The van der Waals surface area contributed by atoms with E-state index in [1.54, 1.807) is 16.8 Å². The Hall–Kier alpha value is -3.22. The van der Waals surface area contributed by atoms with Crippen LogP contribution < -0.4 is 10.6 Å². The molecule has 0 aliphatic heterocycles. The first-order chi connectivity index (χ1) is 13.6. The average molecular weight is 412 g/mol. The van der Waals surface area contributed by atoms with Crippen molar-refractivity contribution in [2.75, 3.05) is 10.6 Å². The SMILES string of the molecule is C[C@@H](OC(=O)c1csc(NCc2ccccc2)n1)C(=O)Nc1sccc1C#N. The number of thiophene rings is 1. The largest absolute Gasteiger partial charge is 0.448 e. The number of carbonyl (C=O) groups excluding carboxylic acids is 2. The fourth-order valence-electron chi connectivity index (χ4n) is 2.20. The molecule has 0 bridgehead atoms. The molecule has 1 aromatic carbocycles. The fraction of sp³-hybridized carbons (Fsp3) is 0.158. The van der Waals surface area contributed by atoms with Gasteiger partial charge in [-0.25, -0.2) is 9.78 Å². The van der Waals surface area contributed by atoms with E-state index in [0.717, 1.165) is 5.56 Å². The molecule has 0 radical (unpaired) electrons. The zero-order valence-electron chi connectivity index (χ0n) is 14.8. The number of rotatable bonds is 7. The maximum atomic E-state index is 12.2. The molecular weight excluding hydrogens is 396 g/mol. The van der Waals surface area contributed by atoms with Crippen molar-refractivity contribution < 1.29 is 14.3 Å². The van der Waals surface area contributed by atoms with Crippen molar-refractivity contribution in [3.8, 4) is 6.07 Å². The third-order valence-corrected chi connectivity index (χ3v) is 5.31. The Morgan fingerprint density at radius 1 is 1.25 bits per heavy atom. The number of esters is 1. The van der Waals surface area contributed by atoms with Crippen LogP contribution in [-0.4, -0.2) is 23.0 Å². The van der Waals surface area contributed by atoms with Crippen LogP contribution in [0.1, 0.15) is 28.5 Å². The zero-order chi connectivity index (χ0) is 19.9. The average Bonchev–Trinajstić information content (AvgIpc) is 3.36. The van der Waals surface area contributed by atoms with Gasteiger partial charge in [-0.1, -0.05) is 30.3 Å². The molecule has 2 heterocycles. The van der Waals surface area contributed by atoms with Gasteiger partial charge in [-0.15, -0.1) is 22.7 Å². The monoisotopic (exact) mass is 412 g/mol. The van der Waals surface area contributed by atoms with Gasteiger partial charge in [0.15, 0.2) is 16.9 Å². The van der Waals surface area contributed by atoms with E-state index in [2.05, 4.69) is 15.6 Å². The maximum absolute atomic E-state index is 12.2. The molecule has 0 saturated heterocycles. The summed E-state index contributed by atoms with van der Waals surface area (Å²) in [6.45, 7) is 2.05. The highest BCUT2D eigenvalue weighted by Gasteiger charge is 2.22. The summed E-state index contributed by atoms with van der Waals surface area (Å²) in [7, 11) is 0. The molecule has 2 N–H and O–H groups in total. The Bertz CT molecular complexity index is 1010. The molecule has 3 rings (SSSR count). The first-order valence-corrected chi connectivity index (χ1v) is 10.1. The first kappa shape index (κ1) is 19.5. The first-order valence-electron chi connectivity index (χ1n) is 8.29. The molecule has 28 heavy (non-hydrogen) atoms. The summed E-state index contributed by atoms with van der Waals surface area (Å²) in [6.07, 6.45) is -1.02. The van der Waals surface area contributed by atoms with Crippen LogP contribution in [0.15, 0.2) is 47.2 Å². The van der Waals surface area contributed by atoms with Gasteiger partial charge in [-0.2, -0.15) is 5.26 Å². The number of nitrogens with one attached hydrogen (secondary N) is 2. The molecule has 9 heteroatoms. The second-order valence-electron chi connectivity index (χ2n) is 5.69. The molecule has 142 valence electrons. The second kappa shape index (κ2) is 9.12. The zero-order valence-corrected chi connectivity index (χ0v) is 16.5. The van der Waals surface area contributed by atoms with Crippen molar-refractivity contribution in [2.24, 2.45) is 0 Å². The molecular formula is C19H16N4O3S2. The van der Waals surface area contributed by atoms with Gasteiger partial charge in [-0.05, 0) is 23.9 Å². The summed E-state index contributed by atoms with van der Waals surface area (Å²) in [5.41, 5.74) is 1.59. The molecule has 7 nitrogen and oxygen atoms in total. The Morgan fingerprint density at radius 3 is 2.79 bits per heavy atom. The number of nitriles is 1. The molecule has 0 fully saturated rings. The van der Waals surface area contributed by atoms with Gasteiger partial charge in [0.25, 0.3) is 5.91 Å². The minimum Gasteiger partial charge on any atom is -0.448 e. The van der Waals surface area contributed by atoms with E-state index in [9.17, 15) is 9.59 Å². The van der Waals surface area contributed by atoms with Crippen molar-refractivity contribution >= 4 is 44.7 Å². The Kier molecular flexibility index (Phi) is 6.37. The van der Waals surface area contributed by atoms with Gasteiger partial charge in [0, 0.05) is 11.9 Å². The van der Waals surface area contributed by atoms with Gasteiger partial charge < -0.3 is 15.4 Å². The Labute approximate surface area is 169 Å². The summed E-state index contributed by atoms with van der Waals surface area (Å²) >= 11 is 2.51. The minimum absolute atomic E-state index is 0.133. The lowest BCUT2D eigenvalue weighted by atomic mass is 10.2. The summed E-state index contributed by atoms with van der Waals surface area (Å²) < 4.78 is 5.18. The number of nitrogens with zero attached hydrogens (tertiary/aromatic N) is 2. The standard InChI is InChI=1S/C19H16N4O3S2/c1-12(16(24)23-17-14(9-20)7-8-27-17)26-18(25)15-11-28-19(22-15)21-10-13-5-3-2-4-6-13/h2-8,11-12H,10H2,1H3,(H,21,22)(H,23,24)/t12-/m1/s1. The van der Waals surface area contributed by atoms with E-state index in [-0.39, 0.29) is 5.69 Å². The summed E-state index contributed by atoms with van der Waals surface area (Å²) in [5.74, 6) is -1.19. The van der Waals surface area contributed by atoms with E-state index >= 15 is 0 Å². The van der Waals surface area contributed by atoms with Gasteiger partial charge >= 0.3 is 5.97 Å². The van der Waals surface area contributed by atoms with Crippen molar-refractivity contribution in [3.63, 3.8) is 0 Å². The Balaban J connectivity index is 1.53. The van der Waals surface area contributed by atoms with Crippen LogP contribution in [0.4, 0.5) is 10.1 Å². The maximum Gasteiger partial charge on any atom is 0.358 e. The van der Waals surface area contributed by atoms with Crippen molar-refractivity contribution in [2.45, 2.75) is 19.6 Å². The summed E-state index contributed by atoms with van der Waals surface area (Å²) in [5, 5.41) is 19.0. The highest BCUT2D eigenvalue weighted by Crippen LogP contribution is 2.23. The van der Waals surface area contributed by atoms with Crippen molar-refractivity contribution in [1.82, 2.24) is 4.98 Å². The molecule has 0 aliphatic carbocycles. The van der Waals surface area contributed by atoms with Gasteiger partial charge in [0.1, 0.15) is 11.1 Å². The number of benzene rings is 1. The number of aromatic nitrogens is 1. The van der Waals surface area contributed by atoms with Crippen LogP contribution in [0.5, 0.6) is 0 Å². The van der Waals surface area contributed by atoms with Gasteiger partial charge in [0.05, 0.1) is 5.56 Å².